The minimum Gasteiger partial charge on any atom is -0.420 e. The Morgan fingerprint density at radius 3 is 2.56 bits per heavy atom. The van der Waals surface area contributed by atoms with Crippen LogP contribution < -0.4 is 10.5 Å². The quantitative estimate of drug-likeness (QED) is 0.616. The number of halogens is 1. The lowest BCUT2D eigenvalue weighted by Crippen LogP contribution is -2.17. The average molecular weight is 270 g/mol. The summed E-state index contributed by atoms with van der Waals surface area (Å²) >= 11 is 0. The van der Waals surface area contributed by atoms with Gasteiger partial charge in [-0.15, -0.1) is 0 Å². The predicted molar refractivity (Wildman–Crippen MR) is 60.7 cm³/mol. The van der Waals surface area contributed by atoms with Crippen LogP contribution in [0.25, 0.3) is 0 Å². The molecule has 0 unspecified atom stereocenters. The lowest BCUT2D eigenvalue weighted by molar-refractivity contribution is -0.129. The van der Waals surface area contributed by atoms with Crippen LogP contribution in [-0.4, -0.2) is 20.6 Å². The van der Waals surface area contributed by atoms with Crippen molar-refractivity contribution in [3.8, 4) is 5.75 Å². The summed E-state index contributed by atoms with van der Waals surface area (Å²) in [4.78, 5) is 11.6. The SMILES string of the molecule is NC1=C(C(=O)Oc2ccccc2F)C=NS1(=O)=O. The Kier molecular flexibility index (Phi) is 2.87. The molecule has 0 saturated heterocycles. The Morgan fingerprint density at radius 2 is 2.00 bits per heavy atom. The zero-order valence-electron chi connectivity index (χ0n) is 8.83. The number of nitrogens with two attached hydrogens (primary N) is 1. The van der Waals surface area contributed by atoms with Crippen LogP contribution in [0.15, 0.2) is 39.3 Å². The molecule has 1 aromatic carbocycles. The number of hydrogen-bond acceptors (Lipinski definition) is 5. The molecule has 0 amide bonds. The van der Waals surface area contributed by atoms with Crippen molar-refractivity contribution >= 4 is 22.2 Å². The van der Waals surface area contributed by atoms with Crippen LogP contribution in [0, 0.1) is 5.82 Å². The first-order valence-corrected chi connectivity index (χ1v) is 6.12. The standard InChI is InChI=1S/C10H7FN2O4S/c11-7-3-1-2-4-8(7)17-10(14)6-5-13-18(15,16)9(6)12/h1-5H,12H2. The fourth-order valence-corrected chi connectivity index (χ4v) is 1.99. The zero-order chi connectivity index (χ0) is 13.3. The molecule has 0 bridgehead atoms. The highest BCUT2D eigenvalue weighted by atomic mass is 32.2. The number of carbonyl (C=O) groups is 1. The van der Waals surface area contributed by atoms with Gasteiger partial charge in [0.05, 0.1) is 6.21 Å². The van der Waals surface area contributed by atoms with Crippen molar-refractivity contribution in [1.29, 1.82) is 0 Å². The second-order valence-electron chi connectivity index (χ2n) is 3.31. The first kappa shape index (κ1) is 12.2. The Morgan fingerprint density at radius 1 is 1.33 bits per heavy atom. The van der Waals surface area contributed by atoms with E-state index in [1.807, 2.05) is 0 Å². The monoisotopic (exact) mass is 270 g/mol. The van der Waals surface area contributed by atoms with Crippen LogP contribution in [0.3, 0.4) is 0 Å². The molecule has 0 atom stereocenters. The number of rotatable bonds is 2. The lowest BCUT2D eigenvalue weighted by atomic mass is 10.3. The Balaban J connectivity index is 2.29. The molecule has 2 rings (SSSR count). The maximum Gasteiger partial charge on any atom is 0.348 e. The average Bonchev–Trinajstić information content (AvgIpc) is 2.58. The van der Waals surface area contributed by atoms with Crippen molar-refractivity contribution in [2.75, 3.05) is 0 Å². The van der Waals surface area contributed by atoms with Gasteiger partial charge in [-0.05, 0) is 12.1 Å². The van der Waals surface area contributed by atoms with E-state index < -0.39 is 32.4 Å². The minimum atomic E-state index is -3.99. The van der Waals surface area contributed by atoms with E-state index in [-0.39, 0.29) is 5.75 Å². The molecule has 1 aliphatic rings. The van der Waals surface area contributed by atoms with Crippen molar-refractivity contribution in [3.63, 3.8) is 0 Å². The molecule has 1 heterocycles. The Hall–Kier alpha value is -2.22. The van der Waals surface area contributed by atoms with Gasteiger partial charge in [-0.3, -0.25) is 0 Å². The summed E-state index contributed by atoms with van der Waals surface area (Å²) in [5, 5.41) is -0.705. The lowest BCUT2D eigenvalue weighted by Gasteiger charge is -2.04. The molecular formula is C10H7FN2O4S. The van der Waals surface area contributed by atoms with Crippen LogP contribution in [0.1, 0.15) is 0 Å². The number of ether oxygens (including phenoxy) is 1. The molecule has 0 fully saturated rings. The number of sulfonamides is 1. The van der Waals surface area contributed by atoms with Gasteiger partial charge >= 0.3 is 5.97 Å². The first-order chi connectivity index (χ1) is 8.42. The van der Waals surface area contributed by atoms with Gasteiger partial charge in [-0.2, -0.15) is 12.8 Å². The van der Waals surface area contributed by atoms with Gasteiger partial charge in [0.1, 0.15) is 5.57 Å². The second-order valence-corrected chi connectivity index (χ2v) is 4.91. The van der Waals surface area contributed by atoms with Gasteiger partial charge in [-0.1, -0.05) is 12.1 Å². The van der Waals surface area contributed by atoms with E-state index >= 15 is 0 Å². The van der Waals surface area contributed by atoms with E-state index in [9.17, 15) is 17.6 Å². The molecule has 1 aliphatic heterocycles. The van der Waals surface area contributed by atoms with Crippen molar-refractivity contribution in [2.45, 2.75) is 0 Å². The molecule has 0 aromatic heterocycles. The molecule has 0 aliphatic carbocycles. The van der Waals surface area contributed by atoms with Crippen LogP contribution in [0.4, 0.5) is 4.39 Å². The molecule has 94 valence electrons. The summed E-state index contributed by atoms with van der Waals surface area (Å²) in [6.07, 6.45) is 0.772. The smallest absolute Gasteiger partial charge is 0.348 e. The number of esters is 1. The van der Waals surface area contributed by atoms with Crippen molar-refractivity contribution in [2.24, 2.45) is 10.1 Å². The topological polar surface area (TPSA) is 98.8 Å². The highest BCUT2D eigenvalue weighted by Crippen LogP contribution is 2.20. The summed E-state index contributed by atoms with van der Waals surface area (Å²) in [7, 11) is -3.99. The maximum atomic E-state index is 13.2. The van der Waals surface area contributed by atoms with E-state index in [1.54, 1.807) is 0 Å². The molecular weight excluding hydrogens is 263 g/mol. The number of carbonyl (C=O) groups excluding carboxylic acids is 1. The number of nitrogens with zero attached hydrogens (tertiary/aromatic N) is 1. The van der Waals surface area contributed by atoms with E-state index in [4.69, 9.17) is 5.73 Å². The van der Waals surface area contributed by atoms with Crippen molar-refractivity contribution in [3.05, 3.63) is 40.7 Å². The summed E-state index contributed by atoms with van der Waals surface area (Å²) < 4.78 is 43.2. The van der Waals surface area contributed by atoms with Crippen LogP contribution in [0.5, 0.6) is 5.75 Å². The number of hydrogen-bond donors (Lipinski definition) is 1. The molecule has 0 saturated carbocycles. The second kappa shape index (κ2) is 4.22. The van der Waals surface area contributed by atoms with Crippen molar-refractivity contribution in [1.82, 2.24) is 0 Å². The summed E-state index contributed by atoms with van der Waals surface area (Å²) in [5.74, 6) is -2.15. The fraction of sp³-hybridized carbons (Fsp3) is 0. The normalized spacial score (nSPS) is 16.9. The maximum absolute atomic E-state index is 13.2. The summed E-state index contributed by atoms with van der Waals surface area (Å²) in [6.45, 7) is 0. The Bertz CT molecular complexity index is 679. The molecule has 0 radical (unpaired) electrons. The minimum absolute atomic E-state index is 0.319. The first-order valence-electron chi connectivity index (χ1n) is 4.68. The van der Waals surface area contributed by atoms with Crippen LogP contribution in [-0.2, 0) is 14.8 Å². The number of para-hydroxylation sites is 1. The van der Waals surface area contributed by atoms with Gasteiger partial charge in [0, 0.05) is 0 Å². The highest BCUT2D eigenvalue weighted by molar-refractivity contribution is 7.94. The van der Waals surface area contributed by atoms with Gasteiger partial charge in [-0.25, -0.2) is 9.18 Å². The molecule has 8 heteroatoms. The van der Waals surface area contributed by atoms with Gasteiger partial charge in [0.2, 0.25) is 0 Å². The predicted octanol–water partition coefficient (Wildman–Crippen LogP) is 0.316. The zero-order valence-corrected chi connectivity index (χ0v) is 9.65. The van der Waals surface area contributed by atoms with E-state index in [0.29, 0.717) is 0 Å². The van der Waals surface area contributed by atoms with Gasteiger partial charge in [0.15, 0.2) is 16.6 Å². The van der Waals surface area contributed by atoms with E-state index in [1.165, 1.54) is 18.2 Å². The van der Waals surface area contributed by atoms with Crippen LogP contribution >= 0.6 is 0 Å². The Labute approximate surface area is 102 Å². The molecule has 6 nitrogen and oxygen atoms in total. The van der Waals surface area contributed by atoms with E-state index in [0.717, 1.165) is 12.3 Å². The number of benzene rings is 1. The third-order valence-electron chi connectivity index (χ3n) is 2.12. The van der Waals surface area contributed by atoms with Crippen molar-refractivity contribution < 1.29 is 22.3 Å². The van der Waals surface area contributed by atoms with Gasteiger partial charge < -0.3 is 10.5 Å². The fourth-order valence-electron chi connectivity index (χ4n) is 1.22. The summed E-state index contributed by atoms with van der Waals surface area (Å²) in [6, 6.07) is 5.20. The van der Waals surface area contributed by atoms with Crippen LogP contribution in [0.2, 0.25) is 0 Å². The molecule has 18 heavy (non-hydrogen) atoms. The van der Waals surface area contributed by atoms with Gasteiger partial charge in [0.25, 0.3) is 10.0 Å². The molecule has 2 N–H and O–H groups in total. The molecule has 0 spiro atoms. The molecule has 1 aromatic rings. The third kappa shape index (κ3) is 2.09. The largest absolute Gasteiger partial charge is 0.420 e. The summed E-state index contributed by atoms with van der Waals surface area (Å²) in [5.41, 5.74) is 4.80. The third-order valence-corrected chi connectivity index (χ3v) is 3.28. The highest BCUT2D eigenvalue weighted by Gasteiger charge is 2.29. The van der Waals surface area contributed by atoms with E-state index in [2.05, 4.69) is 9.13 Å².